The zero-order chi connectivity index (χ0) is 16.8. The molecule has 1 amide bonds. The third-order valence-electron chi connectivity index (χ3n) is 3.37. The zero-order valence-corrected chi connectivity index (χ0v) is 14.3. The molecule has 0 aliphatic carbocycles. The molecule has 8 heteroatoms. The highest BCUT2D eigenvalue weighted by atomic mass is 32.2. The van der Waals surface area contributed by atoms with E-state index in [1.54, 1.807) is 19.1 Å². The molecule has 1 aliphatic heterocycles. The lowest BCUT2D eigenvalue weighted by atomic mass is 10.3. The lowest BCUT2D eigenvalue weighted by Gasteiger charge is -2.20. The number of carbonyl (C=O) groups is 1. The number of rotatable bonds is 5. The molecule has 1 saturated heterocycles. The summed E-state index contributed by atoms with van der Waals surface area (Å²) in [4.78, 5) is 14.3. The van der Waals surface area contributed by atoms with Crippen LogP contribution in [0.4, 0.5) is 14.5 Å². The van der Waals surface area contributed by atoms with Crippen molar-refractivity contribution in [2.24, 2.45) is 0 Å². The molecule has 1 heterocycles. The average molecular weight is 360 g/mol. The molecule has 0 spiro atoms. The minimum absolute atomic E-state index is 0.0600. The number of thioether (sulfide) groups is 1. The number of nitrogens with one attached hydrogen (secondary N) is 1. The van der Waals surface area contributed by atoms with Gasteiger partial charge >= 0.3 is 6.61 Å². The largest absolute Gasteiger partial charge is 0.433 e. The molecule has 1 aromatic carbocycles. The van der Waals surface area contributed by atoms with Crippen molar-refractivity contribution in [1.29, 1.82) is 0 Å². The van der Waals surface area contributed by atoms with Gasteiger partial charge in [-0.3, -0.25) is 4.79 Å². The molecule has 1 unspecified atom stereocenters. The zero-order valence-electron chi connectivity index (χ0n) is 12.6. The lowest BCUT2D eigenvalue weighted by molar-refractivity contribution is -0.115. The first-order valence-electron chi connectivity index (χ1n) is 7.27. The first kappa shape index (κ1) is 17.9. The van der Waals surface area contributed by atoms with Crippen molar-refractivity contribution in [3.63, 3.8) is 0 Å². The summed E-state index contributed by atoms with van der Waals surface area (Å²) in [5, 5.41) is 2.19. The van der Waals surface area contributed by atoms with Gasteiger partial charge in [0, 0.05) is 13.1 Å². The summed E-state index contributed by atoms with van der Waals surface area (Å²) in [5.74, 6) is -0.364. The quantitative estimate of drug-likeness (QED) is 0.811. The van der Waals surface area contributed by atoms with Crippen LogP contribution in [0.15, 0.2) is 24.3 Å². The highest BCUT2D eigenvalue weighted by Crippen LogP contribution is 2.27. The number of likely N-dealkylation sites (tertiary alicyclic amines) is 1. The molecule has 0 radical (unpaired) electrons. The molecule has 126 valence electrons. The third kappa shape index (κ3) is 5.31. The highest BCUT2D eigenvalue weighted by Gasteiger charge is 2.22. The van der Waals surface area contributed by atoms with Crippen molar-refractivity contribution in [3.8, 4) is 5.75 Å². The van der Waals surface area contributed by atoms with Gasteiger partial charge in [0.25, 0.3) is 0 Å². The molecule has 0 aromatic heterocycles. The number of para-hydroxylation sites is 2. The molecular weight excluding hydrogens is 342 g/mol. The molecule has 23 heavy (non-hydrogen) atoms. The van der Waals surface area contributed by atoms with E-state index < -0.39 is 11.9 Å². The third-order valence-corrected chi connectivity index (χ3v) is 4.95. The van der Waals surface area contributed by atoms with Crippen molar-refractivity contribution < 1.29 is 18.3 Å². The minimum atomic E-state index is -2.94. The van der Waals surface area contributed by atoms with Crippen LogP contribution in [0, 0.1) is 0 Å². The standard InChI is InChI=1S/C15H18F2N2O2S2/c1-10(23-15(22)19-8-4-5-9-19)13(20)18-11-6-2-3-7-12(11)21-14(16)17/h2-3,6-7,10,14H,4-5,8-9H2,1H3,(H,18,20). The molecule has 1 fully saturated rings. The van der Waals surface area contributed by atoms with Crippen LogP contribution in [0.5, 0.6) is 5.75 Å². The molecule has 0 saturated carbocycles. The van der Waals surface area contributed by atoms with Gasteiger partial charge < -0.3 is 15.0 Å². The van der Waals surface area contributed by atoms with Crippen LogP contribution in [0.25, 0.3) is 0 Å². The molecule has 2 rings (SSSR count). The van der Waals surface area contributed by atoms with Gasteiger partial charge in [-0.05, 0) is 31.9 Å². The Morgan fingerprint density at radius 1 is 1.35 bits per heavy atom. The topological polar surface area (TPSA) is 41.6 Å². The number of alkyl halides is 2. The second-order valence-corrected chi connectivity index (χ2v) is 7.06. The number of nitrogens with zero attached hydrogens (tertiary/aromatic N) is 1. The van der Waals surface area contributed by atoms with Crippen LogP contribution in [0.2, 0.25) is 0 Å². The Morgan fingerprint density at radius 3 is 2.65 bits per heavy atom. The van der Waals surface area contributed by atoms with E-state index in [2.05, 4.69) is 15.0 Å². The van der Waals surface area contributed by atoms with E-state index in [1.807, 2.05) is 0 Å². The van der Waals surface area contributed by atoms with Gasteiger partial charge in [-0.2, -0.15) is 8.78 Å². The number of amides is 1. The van der Waals surface area contributed by atoms with E-state index >= 15 is 0 Å². The Bertz CT molecular complexity index is 566. The minimum Gasteiger partial charge on any atom is -0.433 e. The molecular formula is C15H18F2N2O2S2. The summed E-state index contributed by atoms with van der Waals surface area (Å²) in [7, 11) is 0. The average Bonchev–Trinajstić information content (AvgIpc) is 3.03. The van der Waals surface area contributed by atoms with Gasteiger partial charge in [0.1, 0.15) is 10.1 Å². The first-order valence-corrected chi connectivity index (χ1v) is 8.56. The first-order chi connectivity index (χ1) is 11.0. The highest BCUT2D eigenvalue weighted by molar-refractivity contribution is 8.23. The van der Waals surface area contributed by atoms with Crippen LogP contribution >= 0.6 is 24.0 Å². The van der Waals surface area contributed by atoms with Crippen molar-refractivity contribution in [2.45, 2.75) is 31.6 Å². The van der Waals surface area contributed by atoms with E-state index in [-0.39, 0.29) is 17.3 Å². The molecule has 0 bridgehead atoms. The van der Waals surface area contributed by atoms with E-state index in [9.17, 15) is 13.6 Å². The Labute approximate surface area is 143 Å². The smallest absolute Gasteiger partial charge is 0.387 e. The fraction of sp³-hybridized carbons (Fsp3) is 0.467. The normalized spacial score (nSPS) is 15.6. The summed E-state index contributed by atoms with van der Waals surface area (Å²) in [6.45, 7) is 0.637. The molecule has 1 atom stereocenters. The summed E-state index contributed by atoms with van der Waals surface area (Å²) in [5.41, 5.74) is 0.220. The van der Waals surface area contributed by atoms with E-state index in [4.69, 9.17) is 12.2 Å². The maximum absolute atomic E-state index is 12.4. The van der Waals surface area contributed by atoms with Crippen molar-refractivity contribution >= 4 is 39.9 Å². The van der Waals surface area contributed by atoms with Gasteiger partial charge in [-0.25, -0.2) is 0 Å². The van der Waals surface area contributed by atoms with Crippen LogP contribution in [0.1, 0.15) is 19.8 Å². The van der Waals surface area contributed by atoms with Crippen molar-refractivity contribution in [3.05, 3.63) is 24.3 Å². The van der Waals surface area contributed by atoms with Gasteiger partial charge in [-0.15, -0.1) is 0 Å². The Morgan fingerprint density at radius 2 is 2.00 bits per heavy atom. The van der Waals surface area contributed by atoms with Crippen molar-refractivity contribution in [2.75, 3.05) is 18.4 Å². The number of hydrogen-bond donors (Lipinski definition) is 1. The summed E-state index contributed by atoms with van der Waals surface area (Å²) < 4.78 is 29.9. The van der Waals surface area contributed by atoms with Gasteiger partial charge in [0.2, 0.25) is 5.91 Å². The van der Waals surface area contributed by atoms with Gasteiger partial charge in [0.05, 0.1) is 10.9 Å². The van der Waals surface area contributed by atoms with E-state index in [0.29, 0.717) is 4.32 Å². The number of ether oxygens (including phenoxy) is 1. The maximum atomic E-state index is 12.4. The summed E-state index contributed by atoms with van der Waals surface area (Å²) in [6, 6.07) is 6.11. The lowest BCUT2D eigenvalue weighted by Crippen LogP contribution is -2.29. The summed E-state index contributed by atoms with van der Waals surface area (Å²) >= 11 is 6.64. The van der Waals surface area contributed by atoms with Crippen LogP contribution in [-0.4, -0.2) is 40.1 Å². The fourth-order valence-electron chi connectivity index (χ4n) is 2.18. The molecule has 4 nitrogen and oxygen atoms in total. The maximum Gasteiger partial charge on any atom is 0.387 e. The molecule has 1 aliphatic rings. The summed E-state index contributed by atoms with van der Waals surface area (Å²) in [6.07, 6.45) is 2.22. The number of hydrogen-bond acceptors (Lipinski definition) is 4. The van der Waals surface area contributed by atoms with Gasteiger partial charge in [0.15, 0.2) is 0 Å². The van der Waals surface area contributed by atoms with Crippen LogP contribution in [0.3, 0.4) is 0 Å². The SMILES string of the molecule is CC(SC(=S)N1CCCC1)C(=O)Nc1ccccc1OC(F)F. The number of anilines is 1. The van der Waals surface area contributed by atoms with Crippen LogP contribution in [-0.2, 0) is 4.79 Å². The fourth-order valence-corrected chi connectivity index (χ4v) is 3.60. The predicted octanol–water partition coefficient (Wildman–Crippen LogP) is 3.73. The monoisotopic (exact) mass is 360 g/mol. The molecule has 1 N–H and O–H groups in total. The Hall–Kier alpha value is -1.41. The number of thiocarbonyl (C=S) groups is 1. The predicted molar refractivity (Wildman–Crippen MR) is 92.2 cm³/mol. The van der Waals surface area contributed by atoms with Crippen LogP contribution < -0.4 is 10.1 Å². The number of benzene rings is 1. The Balaban J connectivity index is 1.94. The van der Waals surface area contributed by atoms with E-state index in [0.717, 1.165) is 25.9 Å². The molecule has 1 aromatic rings. The number of halogens is 2. The van der Waals surface area contributed by atoms with Gasteiger partial charge in [-0.1, -0.05) is 36.1 Å². The second kappa shape index (κ2) is 8.44. The second-order valence-electron chi connectivity index (χ2n) is 5.08. The van der Waals surface area contributed by atoms with E-state index in [1.165, 1.54) is 23.9 Å². The van der Waals surface area contributed by atoms with Crippen molar-refractivity contribution in [1.82, 2.24) is 4.90 Å². The Kier molecular flexibility index (Phi) is 6.59. The number of carbonyl (C=O) groups excluding carboxylic acids is 1.